The van der Waals surface area contributed by atoms with Crippen LogP contribution in [0.15, 0.2) is 24.3 Å². The predicted octanol–water partition coefficient (Wildman–Crippen LogP) is 1.33. The molecule has 0 aliphatic carbocycles. The second kappa shape index (κ2) is 7.37. The van der Waals surface area contributed by atoms with Gasteiger partial charge in [-0.1, -0.05) is 26.0 Å². The Morgan fingerprint density at radius 1 is 1.30 bits per heavy atom. The van der Waals surface area contributed by atoms with Crippen LogP contribution in [-0.2, 0) is 9.59 Å². The molecule has 1 amide bonds. The maximum Gasteiger partial charge on any atom is 0.326 e. The number of anilines is 1. The van der Waals surface area contributed by atoms with Crippen LogP contribution in [0.3, 0.4) is 0 Å². The first kappa shape index (κ1) is 15.8. The van der Waals surface area contributed by atoms with E-state index >= 15 is 0 Å². The number of methoxy groups -OCH3 is 1. The molecule has 0 heterocycles. The Bertz CT molecular complexity index is 474. The number of carbonyl (C=O) groups excluding carboxylic acids is 1. The van der Waals surface area contributed by atoms with Gasteiger partial charge < -0.3 is 20.5 Å². The summed E-state index contributed by atoms with van der Waals surface area (Å²) in [6, 6.07) is 6.31. The molecule has 0 bridgehead atoms. The summed E-state index contributed by atoms with van der Waals surface area (Å²) < 4.78 is 5.15. The largest absolute Gasteiger partial charge is 0.495 e. The first-order valence-electron chi connectivity index (χ1n) is 6.34. The van der Waals surface area contributed by atoms with Gasteiger partial charge in [-0.25, -0.2) is 4.79 Å². The van der Waals surface area contributed by atoms with Crippen molar-refractivity contribution in [3.8, 4) is 5.75 Å². The second-order valence-electron chi connectivity index (χ2n) is 4.68. The predicted molar refractivity (Wildman–Crippen MR) is 75.9 cm³/mol. The van der Waals surface area contributed by atoms with Crippen molar-refractivity contribution < 1.29 is 19.4 Å². The van der Waals surface area contributed by atoms with Crippen molar-refractivity contribution in [3.05, 3.63) is 24.3 Å². The van der Waals surface area contributed by atoms with Gasteiger partial charge in [0.2, 0.25) is 5.91 Å². The van der Waals surface area contributed by atoms with Gasteiger partial charge in [-0.15, -0.1) is 0 Å². The lowest BCUT2D eigenvalue weighted by atomic mass is 10.1. The fourth-order valence-corrected chi connectivity index (χ4v) is 1.70. The van der Waals surface area contributed by atoms with Crippen LogP contribution in [0.5, 0.6) is 5.75 Å². The molecule has 1 rings (SSSR count). The van der Waals surface area contributed by atoms with Crippen LogP contribution in [0, 0.1) is 5.92 Å². The molecule has 0 unspecified atom stereocenters. The van der Waals surface area contributed by atoms with E-state index in [4.69, 9.17) is 9.84 Å². The Morgan fingerprint density at radius 2 is 1.95 bits per heavy atom. The highest BCUT2D eigenvalue weighted by Gasteiger charge is 2.23. The average molecular weight is 280 g/mol. The summed E-state index contributed by atoms with van der Waals surface area (Å²) in [7, 11) is 1.54. The number of aliphatic carboxylic acids is 1. The fourth-order valence-electron chi connectivity index (χ4n) is 1.70. The Kier molecular flexibility index (Phi) is 5.83. The van der Waals surface area contributed by atoms with E-state index in [0.29, 0.717) is 11.4 Å². The van der Waals surface area contributed by atoms with E-state index in [-0.39, 0.29) is 18.4 Å². The van der Waals surface area contributed by atoms with Crippen LogP contribution < -0.4 is 15.4 Å². The molecule has 3 N–H and O–H groups in total. The van der Waals surface area contributed by atoms with E-state index < -0.39 is 12.0 Å². The number of amides is 1. The fraction of sp³-hybridized carbons (Fsp3) is 0.429. The van der Waals surface area contributed by atoms with Gasteiger partial charge >= 0.3 is 5.97 Å². The number of benzene rings is 1. The monoisotopic (exact) mass is 280 g/mol. The quantitative estimate of drug-likeness (QED) is 0.701. The molecule has 6 heteroatoms. The lowest BCUT2D eigenvalue weighted by Gasteiger charge is -2.18. The summed E-state index contributed by atoms with van der Waals surface area (Å²) in [6.07, 6.45) is 0. The molecule has 20 heavy (non-hydrogen) atoms. The minimum absolute atomic E-state index is 0.0170. The summed E-state index contributed by atoms with van der Waals surface area (Å²) in [4.78, 5) is 22.8. The molecule has 6 nitrogen and oxygen atoms in total. The van der Waals surface area contributed by atoms with Crippen molar-refractivity contribution in [2.24, 2.45) is 5.92 Å². The van der Waals surface area contributed by atoms with Crippen molar-refractivity contribution in [2.75, 3.05) is 19.0 Å². The zero-order valence-corrected chi connectivity index (χ0v) is 11.8. The molecular formula is C14H20N2O4. The number of rotatable bonds is 7. The molecule has 110 valence electrons. The van der Waals surface area contributed by atoms with E-state index in [1.807, 2.05) is 12.1 Å². The molecule has 0 saturated heterocycles. The molecule has 0 aromatic heterocycles. The first-order valence-corrected chi connectivity index (χ1v) is 6.34. The number of carboxylic acid groups (broad SMARTS) is 1. The summed E-state index contributed by atoms with van der Waals surface area (Å²) in [6.45, 7) is 3.47. The smallest absolute Gasteiger partial charge is 0.326 e. The molecule has 0 spiro atoms. The van der Waals surface area contributed by atoms with Crippen LogP contribution in [-0.4, -0.2) is 36.7 Å². The van der Waals surface area contributed by atoms with Crippen LogP contribution in [0.4, 0.5) is 5.69 Å². The van der Waals surface area contributed by atoms with Crippen molar-refractivity contribution in [3.63, 3.8) is 0 Å². The summed E-state index contributed by atoms with van der Waals surface area (Å²) in [5.74, 6) is -0.968. The van der Waals surface area contributed by atoms with E-state index in [1.165, 1.54) is 0 Å². The Hall–Kier alpha value is -2.24. The van der Waals surface area contributed by atoms with Crippen LogP contribution in [0.1, 0.15) is 13.8 Å². The number of carbonyl (C=O) groups is 2. The van der Waals surface area contributed by atoms with E-state index in [1.54, 1.807) is 33.1 Å². The van der Waals surface area contributed by atoms with E-state index in [0.717, 1.165) is 0 Å². The Labute approximate surface area is 118 Å². The molecule has 0 aliphatic rings. The Balaban J connectivity index is 2.57. The third kappa shape index (κ3) is 4.46. The summed E-state index contributed by atoms with van der Waals surface area (Å²) >= 11 is 0. The van der Waals surface area contributed by atoms with Gasteiger partial charge in [0.05, 0.1) is 19.3 Å². The highest BCUT2D eigenvalue weighted by Crippen LogP contribution is 2.22. The van der Waals surface area contributed by atoms with Gasteiger partial charge in [0.15, 0.2) is 0 Å². The van der Waals surface area contributed by atoms with Crippen molar-refractivity contribution in [1.82, 2.24) is 5.32 Å². The zero-order chi connectivity index (χ0) is 15.1. The lowest BCUT2D eigenvalue weighted by Crippen LogP contribution is -2.46. The van der Waals surface area contributed by atoms with Crippen molar-refractivity contribution in [2.45, 2.75) is 19.9 Å². The minimum Gasteiger partial charge on any atom is -0.495 e. The number of hydrogen-bond donors (Lipinski definition) is 3. The van der Waals surface area contributed by atoms with Gasteiger partial charge in [0.1, 0.15) is 11.8 Å². The van der Waals surface area contributed by atoms with Crippen LogP contribution in [0.2, 0.25) is 0 Å². The number of hydrogen-bond acceptors (Lipinski definition) is 4. The lowest BCUT2D eigenvalue weighted by molar-refractivity contribution is -0.142. The Morgan fingerprint density at radius 3 is 2.50 bits per heavy atom. The third-order valence-electron chi connectivity index (χ3n) is 2.80. The van der Waals surface area contributed by atoms with E-state index in [2.05, 4.69) is 10.6 Å². The van der Waals surface area contributed by atoms with Crippen molar-refractivity contribution in [1.29, 1.82) is 0 Å². The molecular weight excluding hydrogens is 260 g/mol. The van der Waals surface area contributed by atoms with Crippen LogP contribution in [0.25, 0.3) is 0 Å². The van der Waals surface area contributed by atoms with Gasteiger partial charge in [0, 0.05) is 0 Å². The molecule has 0 aliphatic heterocycles. The molecule has 1 aromatic rings. The van der Waals surface area contributed by atoms with Gasteiger partial charge in [-0.2, -0.15) is 0 Å². The molecule has 1 atom stereocenters. The summed E-state index contributed by atoms with van der Waals surface area (Å²) in [5, 5.41) is 14.4. The van der Waals surface area contributed by atoms with Gasteiger partial charge in [0.25, 0.3) is 0 Å². The zero-order valence-electron chi connectivity index (χ0n) is 11.8. The minimum atomic E-state index is -1.04. The normalized spacial score (nSPS) is 11.8. The average Bonchev–Trinajstić information content (AvgIpc) is 2.42. The summed E-state index contributed by atoms with van der Waals surface area (Å²) in [5.41, 5.74) is 0.682. The first-order chi connectivity index (χ1) is 9.45. The second-order valence-corrected chi connectivity index (χ2v) is 4.68. The van der Waals surface area contributed by atoms with Crippen LogP contribution >= 0.6 is 0 Å². The SMILES string of the molecule is COc1ccccc1NCC(=O)N[C@@H](C(=O)O)C(C)C. The topological polar surface area (TPSA) is 87.7 Å². The maximum absolute atomic E-state index is 11.8. The number of para-hydroxylation sites is 2. The molecule has 0 saturated carbocycles. The van der Waals surface area contributed by atoms with Crippen molar-refractivity contribution >= 4 is 17.6 Å². The molecule has 1 aromatic carbocycles. The van der Waals surface area contributed by atoms with Gasteiger partial charge in [-0.3, -0.25) is 4.79 Å². The number of nitrogens with one attached hydrogen (secondary N) is 2. The highest BCUT2D eigenvalue weighted by atomic mass is 16.5. The standard InChI is InChI=1S/C14H20N2O4/c1-9(2)13(14(18)19)16-12(17)8-15-10-6-4-5-7-11(10)20-3/h4-7,9,13,15H,8H2,1-3H3,(H,16,17)(H,18,19)/t13-/m1/s1. The number of ether oxygens (including phenoxy) is 1. The van der Waals surface area contributed by atoms with E-state index in [9.17, 15) is 9.59 Å². The molecule has 0 fully saturated rings. The maximum atomic E-state index is 11.8. The third-order valence-corrected chi connectivity index (χ3v) is 2.80. The molecule has 0 radical (unpaired) electrons. The number of carboxylic acids is 1. The highest BCUT2D eigenvalue weighted by molar-refractivity contribution is 5.86. The van der Waals surface area contributed by atoms with Gasteiger partial charge in [-0.05, 0) is 18.1 Å².